The van der Waals surface area contributed by atoms with Gasteiger partial charge in [0.1, 0.15) is 12.4 Å². The summed E-state index contributed by atoms with van der Waals surface area (Å²) in [4.78, 5) is 11.7. The predicted molar refractivity (Wildman–Crippen MR) is 78.4 cm³/mol. The highest BCUT2D eigenvalue weighted by atomic mass is 16.5. The second kappa shape index (κ2) is 9.39. The van der Waals surface area contributed by atoms with Crippen LogP contribution in [-0.4, -0.2) is 19.1 Å². The zero-order chi connectivity index (χ0) is 13.9. The lowest BCUT2D eigenvalue weighted by molar-refractivity contribution is -0.116. The smallest absolute Gasteiger partial charge is 0.224 e. The molecule has 0 heterocycles. The van der Waals surface area contributed by atoms with Gasteiger partial charge >= 0.3 is 0 Å². The molecule has 0 aliphatic carbocycles. The van der Waals surface area contributed by atoms with E-state index in [2.05, 4.69) is 12.2 Å². The minimum absolute atomic E-state index is 0.0757. The number of anilines is 1. The zero-order valence-corrected chi connectivity index (χ0v) is 11.7. The standard InChI is InChI=1S/C15H24N2O2/c1-2-3-4-5-6-15(18)17-13-7-9-14(10-8-13)19-12-11-16/h7-10H,2-6,11-12,16H2,1H3,(H,17,18). The van der Waals surface area contributed by atoms with Crippen LogP contribution in [0.4, 0.5) is 5.69 Å². The molecule has 1 rings (SSSR count). The van der Waals surface area contributed by atoms with Gasteiger partial charge in [0, 0.05) is 18.7 Å². The molecular formula is C15H24N2O2. The van der Waals surface area contributed by atoms with Gasteiger partial charge in [0.25, 0.3) is 0 Å². The fourth-order valence-electron chi connectivity index (χ4n) is 1.75. The van der Waals surface area contributed by atoms with Gasteiger partial charge in [0.15, 0.2) is 0 Å². The summed E-state index contributed by atoms with van der Waals surface area (Å²) in [7, 11) is 0. The number of nitrogens with one attached hydrogen (secondary N) is 1. The van der Waals surface area contributed by atoms with E-state index in [9.17, 15) is 4.79 Å². The second-order valence-corrected chi connectivity index (χ2v) is 4.52. The lowest BCUT2D eigenvalue weighted by Gasteiger charge is -2.07. The van der Waals surface area contributed by atoms with Crippen LogP contribution in [0.15, 0.2) is 24.3 Å². The van der Waals surface area contributed by atoms with E-state index < -0.39 is 0 Å². The average molecular weight is 264 g/mol. The van der Waals surface area contributed by atoms with Crippen molar-refractivity contribution in [3.63, 3.8) is 0 Å². The highest BCUT2D eigenvalue weighted by Crippen LogP contribution is 2.16. The molecule has 1 amide bonds. The monoisotopic (exact) mass is 264 g/mol. The topological polar surface area (TPSA) is 64.3 Å². The second-order valence-electron chi connectivity index (χ2n) is 4.52. The summed E-state index contributed by atoms with van der Waals surface area (Å²) in [5, 5.41) is 2.88. The number of ether oxygens (including phenoxy) is 1. The normalized spacial score (nSPS) is 10.2. The maximum atomic E-state index is 11.7. The van der Waals surface area contributed by atoms with Gasteiger partial charge in [-0.15, -0.1) is 0 Å². The van der Waals surface area contributed by atoms with E-state index in [4.69, 9.17) is 10.5 Å². The summed E-state index contributed by atoms with van der Waals surface area (Å²) in [6.07, 6.45) is 5.05. The molecule has 0 fully saturated rings. The first-order chi connectivity index (χ1) is 9.26. The quantitative estimate of drug-likeness (QED) is 0.674. The Balaban J connectivity index is 2.29. The number of amides is 1. The lowest BCUT2D eigenvalue weighted by atomic mass is 10.1. The molecule has 106 valence electrons. The molecule has 0 aliphatic heterocycles. The van der Waals surface area contributed by atoms with Gasteiger partial charge in [-0.25, -0.2) is 0 Å². The van der Waals surface area contributed by atoms with E-state index in [0.29, 0.717) is 19.6 Å². The van der Waals surface area contributed by atoms with Crippen LogP contribution in [0.3, 0.4) is 0 Å². The van der Waals surface area contributed by atoms with E-state index in [1.54, 1.807) is 0 Å². The Kier molecular flexibility index (Phi) is 7.66. The number of hydrogen-bond donors (Lipinski definition) is 2. The average Bonchev–Trinajstić information content (AvgIpc) is 2.43. The van der Waals surface area contributed by atoms with Crippen molar-refractivity contribution in [1.29, 1.82) is 0 Å². The fourth-order valence-corrected chi connectivity index (χ4v) is 1.75. The van der Waals surface area contributed by atoms with Crippen LogP contribution in [0.2, 0.25) is 0 Å². The molecule has 0 unspecified atom stereocenters. The first-order valence-electron chi connectivity index (χ1n) is 6.99. The van der Waals surface area contributed by atoms with E-state index in [-0.39, 0.29) is 5.91 Å². The van der Waals surface area contributed by atoms with Crippen LogP contribution >= 0.6 is 0 Å². The number of carbonyl (C=O) groups is 1. The molecule has 0 atom stereocenters. The van der Waals surface area contributed by atoms with Gasteiger partial charge in [-0.3, -0.25) is 4.79 Å². The van der Waals surface area contributed by atoms with Gasteiger partial charge < -0.3 is 15.8 Å². The fraction of sp³-hybridized carbons (Fsp3) is 0.533. The Morgan fingerprint density at radius 1 is 1.21 bits per heavy atom. The molecule has 0 aromatic heterocycles. The summed E-state index contributed by atoms with van der Waals surface area (Å²) >= 11 is 0. The largest absolute Gasteiger partial charge is 0.492 e. The van der Waals surface area contributed by atoms with Gasteiger partial charge in [-0.2, -0.15) is 0 Å². The Labute approximate surface area is 115 Å². The molecule has 0 saturated carbocycles. The predicted octanol–water partition coefficient (Wildman–Crippen LogP) is 2.93. The molecule has 4 heteroatoms. The van der Waals surface area contributed by atoms with Crippen LogP contribution in [0, 0.1) is 0 Å². The number of rotatable bonds is 9. The molecular weight excluding hydrogens is 240 g/mol. The molecule has 1 aromatic carbocycles. The Morgan fingerprint density at radius 3 is 2.58 bits per heavy atom. The van der Waals surface area contributed by atoms with Gasteiger partial charge in [-0.1, -0.05) is 26.2 Å². The van der Waals surface area contributed by atoms with Gasteiger partial charge in [0.05, 0.1) is 0 Å². The van der Waals surface area contributed by atoms with Crippen molar-refractivity contribution >= 4 is 11.6 Å². The van der Waals surface area contributed by atoms with Crippen molar-refractivity contribution in [3.8, 4) is 5.75 Å². The number of hydrogen-bond acceptors (Lipinski definition) is 3. The van der Waals surface area contributed by atoms with E-state index in [1.807, 2.05) is 24.3 Å². The molecule has 3 N–H and O–H groups in total. The Hall–Kier alpha value is -1.55. The van der Waals surface area contributed by atoms with Gasteiger partial charge in [-0.05, 0) is 30.7 Å². The molecule has 0 spiro atoms. The summed E-state index contributed by atoms with van der Waals surface area (Å²) in [6.45, 7) is 3.16. The summed E-state index contributed by atoms with van der Waals surface area (Å²) in [6, 6.07) is 7.36. The highest BCUT2D eigenvalue weighted by Gasteiger charge is 2.02. The molecule has 0 saturated heterocycles. The summed E-state index contributed by atoms with van der Waals surface area (Å²) < 4.78 is 5.37. The van der Waals surface area contributed by atoms with Crippen molar-refractivity contribution in [2.24, 2.45) is 5.73 Å². The van der Waals surface area contributed by atoms with Crippen molar-refractivity contribution in [2.45, 2.75) is 39.0 Å². The Morgan fingerprint density at radius 2 is 1.95 bits per heavy atom. The maximum Gasteiger partial charge on any atom is 0.224 e. The molecule has 4 nitrogen and oxygen atoms in total. The highest BCUT2D eigenvalue weighted by molar-refractivity contribution is 5.90. The van der Waals surface area contributed by atoms with Crippen LogP contribution in [0.5, 0.6) is 5.75 Å². The van der Waals surface area contributed by atoms with E-state index in [0.717, 1.165) is 24.3 Å². The SMILES string of the molecule is CCCCCCC(=O)Nc1ccc(OCCN)cc1. The van der Waals surface area contributed by atoms with Crippen molar-refractivity contribution in [1.82, 2.24) is 0 Å². The van der Waals surface area contributed by atoms with Crippen molar-refractivity contribution in [3.05, 3.63) is 24.3 Å². The van der Waals surface area contributed by atoms with Gasteiger partial charge in [0.2, 0.25) is 5.91 Å². The van der Waals surface area contributed by atoms with Crippen LogP contribution in [0.25, 0.3) is 0 Å². The number of nitrogens with two attached hydrogens (primary N) is 1. The third-order valence-electron chi connectivity index (χ3n) is 2.78. The van der Waals surface area contributed by atoms with Crippen molar-refractivity contribution < 1.29 is 9.53 Å². The first kappa shape index (κ1) is 15.5. The van der Waals surface area contributed by atoms with Crippen LogP contribution in [-0.2, 0) is 4.79 Å². The maximum absolute atomic E-state index is 11.7. The minimum Gasteiger partial charge on any atom is -0.492 e. The lowest BCUT2D eigenvalue weighted by Crippen LogP contribution is -2.12. The Bertz CT molecular complexity index is 363. The molecule has 0 radical (unpaired) electrons. The molecule has 19 heavy (non-hydrogen) atoms. The third-order valence-corrected chi connectivity index (χ3v) is 2.78. The minimum atomic E-state index is 0.0757. The summed E-state index contributed by atoms with van der Waals surface area (Å²) in [5.74, 6) is 0.845. The zero-order valence-electron chi connectivity index (χ0n) is 11.7. The van der Waals surface area contributed by atoms with E-state index in [1.165, 1.54) is 12.8 Å². The van der Waals surface area contributed by atoms with Crippen LogP contribution < -0.4 is 15.8 Å². The molecule has 0 bridgehead atoms. The number of carbonyl (C=O) groups excluding carboxylic acids is 1. The van der Waals surface area contributed by atoms with E-state index >= 15 is 0 Å². The number of unbranched alkanes of at least 4 members (excludes halogenated alkanes) is 3. The summed E-state index contributed by atoms with van der Waals surface area (Å²) in [5.41, 5.74) is 6.16. The number of benzene rings is 1. The molecule has 0 aliphatic rings. The van der Waals surface area contributed by atoms with Crippen molar-refractivity contribution in [2.75, 3.05) is 18.5 Å². The third kappa shape index (κ3) is 6.82. The molecule has 1 aromatic rings. The van der Waals surface area contributed by atoms with Crippen LogP contribution in [0.1, 0.15) is 39.0 Å². The first-order valence-corrected chi connectivity index (χ1v) is 6.99.